The number of rotatable bonds is 6. The second-order valence-corrected chi connectivity index (χ2v) is 5.13. The first-order valence-corrected chi connectivity index (χ1v) is 6.95. The molecule has 0 spiro atoms. The fourth-order valence-corrected chi connectivity index (χ4v) is 2.20. The Kier molecular flexibility index (Phi) is 4.78. The first-order chi connectivity index (χ1) is 10.0. The van der Waals surface area contributed by atoms with Crippen LogP contribution in [0.3, 0.4) is 0 Å². The predicted molar refractivity (Wildman–Crippen MR) is 76.3 cm³/mol. The van der Waals surface area contributed by atoms with Crippen LogP contribution in [0, 0.1) is 6.92 Å². The molecule has 1 aromatic carbocycles. The van der Waals surface area contributed by atoms with Crippen LogP contribution in [0.15, 0.2) is 23.4 Å². The molecule has 2 rings (SSSR count). The van der Waals surface area contributed by atoms with Gasteiger partial charge in [-0.2, -0.15) is 0 Å². The summed E-state index contributed by atoms with van der Waals surface area (Å²) in [5, 5.41) is 34.9. The number of aryl methyl sites for hydroxylation is 1. The van der Waals surface area contributed by atoms with E-state index in [0.717, 1.165) is 22.4 Å². The molecule has 0 saturated carbocycles. The first kappa shape index (κ1) is 15.3. The SMILES string of the molecule is Cc1ccc(-c2nc(SCC(=O)O)n[nH]2)cc1N(O)CO. The van der Waals surface area contributed by atoms with Gasteiger partial charge in [0.05, 0.1) is 11.4 Å². The van der Waals surface area contributed by atoms with Crippen LogP contribution in [-0.4, -0.2) is 49.1 Å². The fourth-order valence-electron chi connectivity index (χ4n) is 1.68. The van der Waals surface area contributed by atoms with E-state index in [1.54, 1.807) is 25.1 Å². The van der Waals surface area contributed by atoms with E-state index < -0.39 is 12.7 Å². The van der Waals surface area contributed by atoms with Crippen molar-refractivity contribution in [3.63, 3.8) is 0 Å². The molecule has 9 heteroatoms. The summed E-state index contributed by atoms with van der Waals surface area (Å²) < 4.78 is 0. The lowest BCUT2D eigenvalue weighted by Crippen LogP contribution is -2.19. The van der Waals surface area contributed by atoms with Crippen molar-refractivity contribution in [3.05, 3.63) is 23.8 Å². The number of hydrogen-bond donors (Lipinski definition) is 4. The minimum Gasteiger partial charge on any atom is -0.481 e. The Hall–Kier alpha value is -2.10. The third-order valence-electron chi connectivity index (χ3n) is 2.68. The van der Waals surface area contributed by atoms with E-state index in [2.05, 4.69) is 15.2 Å². The molecule has 0 unspecified atom stereocenters. The Bertz CT molecular complexity index is 646. The van der Waals surface area contributed by atoms with E-state index in [-0.39, 0.29) is 5.75 Å². The highest BCUT2D eigenvalue weighted by molar-refractivity contribution is 7.99. The molecule has 0 aliphatic rings. The summed E-state index contributed by atoms with van der Waals surface area (Å²) in [5.41, 5.74) is 1.90. The smallest absolute Gasteiger partial charge is 0.313 e. The first-order valence-electron chi connectivity index (χ1n) is 5.96. The molecule has 0 fully saturated rings. The summed E-state index contributed by atoms with van der Waals surface area (Å²) in [4.78, 5) is 14.7. The number of thioether (sulfide) groups is 1. The fraction of sp³-hybridized carbons (Fsp3) is 0.250. The van der Waals surface area contributed by atoms with E-state index in [4.69, 9.17) is 10.2 Å². The van der Waals surface area contributed by atoms with Crippen molar-refractivity contribution in [1.82, 2.24) is 15.2 Å². The van der Waals surface area contributed by atoms with Crippen molar-refractivity contribution in [1.29, 1.82) is 0 Å². The molecule has 0 amide bonds. The molecule has 0 saturated heterocycles. The number of carboxylic acid groups (broad SMARTS) is 1. The number of carboxylic acids is 1. The van der Waals surface area contributed by atoms with Gasteiger partial charge >= 0.3 is 5.97 Å². The molecule has 8 nitrogen and oxygen atoms in total. The van der Waals surface area contributed by atoms with E-state index in [0.29, 0.717) is 22.2 Å². The predicted octanol–water partition coefficient (Wildman–Crippen LogP) is 1.10. The lowest BCUT2D eigenvalue weighted by atomic mass is 10.1. The summed E-state index contributed by atoms with van der Waals surface area (Å²) >= 11 is 1.01. The number of carbonyl (C=O) groups is 1. The van der Waals surface area contributed by atoms with Gasteiger partial charge in [-0.25, -0.2) is 10.0 Å². The van der Waals surface area contributed by atoms with E-state index in [1.165, 1.54) is 0 Å². The number of H-pyrrole nitrogens is 1. The van der Waals surface area contributed by atoms with Crippen LogP contribution >= 0.6 is 11.8 Å². The number of hydrogen-bond acceptors (Lipinski definition) is 7. The Labute approximate surface area is 124 Å². The Morgan fingerprint density at radius 3 is 2.90 bits per heavy atom. The molecule has 1 aromatic heterocycles. The quantitative estimate of drug-likeness (QED) is 0.355. The second-order valence-electron chi connectivity index (χ2n) is 4.19. The molecular formula is C12H14N4O4S. The molecule has 112 valence electrons. The molecule has 2 aromatic rings. The van der Waals surface area contributed by atoms with Crippen molar-refractivity contribution < 1.29 is 20.2 Å². The maximum atomic E-state index is 10.5. The molecule has 1 heterocycles. The van der Waals surface area contributed by atoms with Gasteiger partial charge in [-0.1, -0.05) is 23.9 Å². The molecule has 21 heavy (non-hydrogen) atoms. The van der Waals surface area contributed by atoms with Gasteiger partial charge in [0.1, 0.15) is 6.73 Å². The molecule has 0 atom stereocenters. The Balaban J connectivity index is 2.24. The van der Waals surface area contributed by atoms with Crippen LogP contribution in [0.2, 0.25) is 0 Å². The average molecular weight is 310 g/mol. The van der Waals surface area contributed by atoms with Gasteiger partial charge in [-0.3, -0.25) is 15.1 Å². The molecule has 0 aliphatic carbocycles. The van der Waals surface area contributed by atoms with Gasteiger partial charge in [0, 0.05) is 5.56 Å². The van der Waals surface area contributed by atoms with Crippen molar-refractivity contribution in [3.8, 4) is 11.4 Å². The Morgan fingerprint density at radius 2 is 2.24 bits per heavy atom. The largest absolute Gasteiger partial charge is 0.481 e. The minimum absolute atomic E-state index is 0.120. The monoisotopic (exact) mass is 310 g/mol. The molecule has 0 radical (unpaired) electrons. The van der Waals surface area contributed by atoms with Gasteiger partial charge in [0.25, 0.3) is 0 Å². The van der Waals surface area contributed by atoms with Crippen LogP contribution in [0.4, 0.5) is 5.69 Å². The topological polar surface area (TPSA) is 123 Å². The zero-order valence-electron chi connectivity index (χ0n) is 11.1. The number of aromatic amines is 1. The van der Waals surface area contributed by atoms with Crippen LogP contribution < -0.4 is 5.06 Å². The molecule has 0 aliphatic heterocycles. The highest BCUT2D eigenvalue weighted by Gasteiger charge is 2.11. The van der Waals surface area contributed by atoms with Crippen LogP contribution in [0.25, 0.3) is 11.4 Å². The van der Waals surface area contributed by atoms with Gasteiger partial charge in [-0.15, -0.1) is 5.10 Å². The second kappa shape index (κ2) is 6.57. The summed E-state index contributed by atoms with van der Waals surface area (Å²) in [5.74, 6) is -0.607. The number of nitrogens with one attached hydrogen (secondary N) is 1. The molecule has 0 bridgehead atoms. The lowest BCUT2D eigenvalue weighted by Gasteiger charge is -2.16. The number of aliphatic hydroxyl groups excluding tert-OH is 1. The zero-order chi connectivity index (χ0) is 15.4. The number of anilines is 1. The normalized spacial score (nSPS) is 10.6. The van der Waals surface area contributed by atoms with E-state index in [1.807, 2.05) is 0 Å². The number of aliphatic hydroxyl groups is 1. The summed E-state index contributed by atoms with van der Waals surface area (Å²) in [7, 11) is 0. The lowest BCUT2D eigenvalue weighted by molar-refractivity contribution is -0.133. The summed E-state index contributed by atoms with van der Waals surface area (Å²) in [6.45, 7) is 1.27. The van der Waals surface area contributed by atoms with Crippen molar-refractivity contribution in [2.45, 2.75) is 12.1 Å². The molecular weight excluding hydrogens is 296 g/mol. The van der Waals surface area contributed by atoms with Gasteiger partial charge in [0.2, 0.25) is 5.16 Å². The van der Waals surface area contributed by atoms with E-state index in [9.17, 15) is 10.0 Å². The third-order valence-corrected chi connectivity index (χ3v) is 3.52. The highest BCUT2D eigenvalue weighted by Crippen LogP contribution is 2.26. The van der Waals surface area contributed by atoms with Crippen molar-refractivity contribution in [2.24, 2.45) is 0 Å². The third kappa shape index (κ3) is 3.72. The maximum absolute atomic E-state index is 10.5. The van der Waals surface area contributed by atoms with Crippen molar-refractivity contribution in [2.75, 3.05) is 17.5 Å². The van der Waals surface area contributed by atoms with Crippen LogP contribution in [0.1, 0.15) is 5.56 Å². The van der Waals surface area contributed by atoms with E-state index >= 15 is 0 Å². The number of nitrogens with zero attached hydrogens (tertiary/aromatic N) is 3. The standard InChI is InChI=1S/C12H14N4O4S/c1-7-2-3-8(4-9(7)16(20)6-17)11-13-12(15-14-11)21-5-10(18)19/h2-4,17,20H,5-6H2,1H3,(H,18,19)(H,13,14,15). The number of aliphatic carboxylic acids is 1. The van der Waals surface area contributed by atoms with Gasteiger partial charge < -0.3 is 10.2 Å². The maximum Gasteiger partial charge on any atom is 0.313 e. The molecule has 4 N–H and O–H groups in total. The summed E-state index contributed by atoms with van der Waals surface area (Å²) in [6, 6.07) is 5.21. The van der Waals surface area contributed by atoms with Crippen molar-refractivity contribution >= 4 is 23.4 Å². The Morgan fingerprint density at radius 1 is 1.48 bits per heavy atom. The number of aromatic nitrogens is 3. The summed E-state index contributed by atoms with van der Waals surface area (Å²) in [6.07, 6.45) is 0. The average Bonchev–Trinajstić information content (AvgIpc) is 2.93. The van der Waals surface area contributed by atoms with Crippen LogP contribution in [0.5, 0.6) is 0 Å². The van der Waals surface area contributed by atoms with Gasteiger partial charge in [-0.05, 0) is 18.6 Å². The number of benzene rings is 1. The highest BCUT2D eigenvalue weighted by atomic mass is 32.2. The van der Waals surface area contributed by atoms with Crippen LogP contribution in [-0.2, 0) is 4.79 Å². The number of hydroxylamine groups is 1. The zero-order valence-corrected chi connectivity index (χ0v) is 12.0. The van der Waals surface area contributed by atoms with Gasteiger partial charge in [0.15, 0.2) is 5.82 Å². The minimum atomic E-state index is -0.942.